The molecule has 138 valence electrons. The fourth-order valence-electron chi connectivity index (χ4n) is 8.00. The Labute approximate surface area is 151 Å². The van der Waals surface area contributed by atoms with Gasteiger partial charge in [0.25, 0.3) is 0 Å². The van der Waals surface area contributed by atoms with Crippen molar-refractivity contribution < 1.29 is 0 Å². The number of rotatable bonds is 1. The molecule has 0 radical (unpaired) electrons. The maximum absolute atomic E-state index is 2.71. The van der Waals surface area contributed by atoms with Crippen molar-refractivity contribution in [2.45, 2.75) is 92.9 Å². The van der Waals surface area contributed by atoms with Crippen LogP contribution in [-0.4, -0.2) is 0 Å². The zero-order valence-corrected chi connectivity index (χ0v) is 16.0. The van der Waals surface area contributed by atoms with Crippen molar-refractivity contribution in [3.63, 3.8) is 0 Å². The number of hydrogen-bond acceptors (Lipinski definition) is 0. The lowest BCUT2D eigenvalue weighted by Crippen LogP contribution is -2.53. The fourth-order valence-corrected chi connectivity index (χ4v) is 8.00. The van der Waals surface area contributed by atoms with E-state index in [1.165, 1.54) is 38.5 Å². The Balaban J connectivity index is 0.00000169. The molecule has 4 aliphatic rings. The van der Waals surface area contributed by atoms with E-state index in [9.17, 15) is 0 Å². The van der Waals surface area contributed by atoms with Gasteiger partial charge in [0.05, 0.1) is 0 Å². The second-order valence-electron chi connectivity index (χ2n) is 10.2. The highest BCUT2D eigenvalue weighted by molar-refractivity contribution is 5.09. The SMILES string of the molecule is C.CC=CC1CCC2(C)C(CCC3C4CCC(C)C4(C)CCC32)C1. The normalized spacial score (nSPS) is 53.8. The first-order valence-electron chi connectivity index (χ1n) is 10.6. The van der Waals surface area contributed by atoms with E-state index in [1.807, 2.05) is 0 Å². The lowest BCUT2D eigenvalue weighted by Gasteiger charge is -2.61. The van der Waals surface area contributed by atoms with Gasteiger partial charge < -0.3 is 0 Å². The van der Waals surface area contributed by atoms with Gasteiger partial charge in [0, 0.05) is 0 Å². The Morgan fingerprint density at radius 2 is 1.54 bits per heavy atom. The van der Waals surface area contributed by atoms with Crippen LogP contribution in [0.25, 0.3) is 0 Å². The van der Waals surface area contributed by atoms with Gasteiger partial charge in [0.15, 0.2) is 0 Å². The molecule has 24 heavy (non-hydrogen) atoms. The van der Waals surface area contributed by atoms with E-state index < -0.39 is 0 Å². The molecule has 4 rings (SSSR count). The minimum absolute atomic E-state index is 0. The van der Waals surface area contributed by atoms with Gasteiger partial charge in [-0.05, 0) is 111 Å². The smallest absolute Gasteiger partial charge is 0.0231 e. The van der Waals surface area contributed by atoms with E-state index in [2.05, 4.69) is 39.8 Å². The molecule has 8 atom stereocenters. The fraction of sp³-hybridized carbons (Fsp3) is 0.917. The van der Waals surface area contributed by atoms with Gasteiger partial charge in [-0.3, -0.25) is 0 Å². The standard InChI is InChI=1S/C23H38.CH4/c1-5-6-17-11-13-23(4)18(15-17)8-9-19-20-10-7-16(2)22(20,3)14-12-21(19)23;/h5-6,16-21H,7-15H2,1-4H3;1H4. The summed E-state index contributed by atoms with van der Waals surface area (Å²) in [5.74, 6) is 6.05. The largest absolute Gasteiger partial charge is 0.0914 e. The molecule has 0 nitrogen and oxygen atoms in total. The molecule has 8 unspecified atom stereocenters. The molecule has 0 aromatic heterocycles. The van der Waals surface area contributed by atoms with Crippen LogP contribution in [0.2, 0.25) is 0 Å². The maximum Gasteiger partial charge on any atom is -0.0231 e. The third-order valence-corrected chi connectivity index (χ3v) is 9.65. The number of fused-ring (bicyclic) bond motifs is 5. The Morgan fingerprint density at radius 1 is 0.833 bits per heavy atom. The van der Waals surface area contributed by atoms with E-state index in [1.54, 1.807) is 19.3 Å². The summed E-state index contributed by atoms with van der Waals surface area (Å²) in [7, 11) is 0. The summed E-state index contributed by atoms with van der Waals surface area (Å²) in [6, 6.07) is 0. The van der Waals surface area contributed by atoms with Crippen LogP contribution in [0.3, 0.4) is 0 Å². The molecule has 4 saturated carbocycles. The lowest BCUT2D eigenvalue weighted by atomic mass is 9.44. The van der Waals surface area contributed by atoms with Crippen molar-refractivity contribution in [2.24, 2.45) is 46.3 Å². The van der Waals surface area contributed by atoms with Gasteiger partial charge >= 0.3 is 0 Å². The van der Waals surface area contributed by atoms with Gasteiger partial charge in [-0.1, -0.05) is 40.3 Å². The van der Waals surface area contributed by atoms with Crippen molar-refractivity contribution in [1.29, 1.82) is 0 Å². The predicted molar refractivity (Wildman–Crippen MR) is 106 cm³/mol. The highest BCUT2D eigenvalue weighted by Gasteiger charge is 2.59. The summed E-state index contributed by atoms with van der Waals surface area (Å²) >= 11 is 0. The van der Waals surface area contributed by atoms with Crippen molar-refractivity contribution in [2.75, 3.05) is 0 Å². The summed E-state index contributed by atoms with van der Waals surface area (Å²) in [5.41, 5.74) is 1.36. The topological polar surface area (TPSA) is 0 Å². The molecule has 0 heterocycles. The molecule has 4 aliphatic carbocycles. The minimum atomic E-state index is 0. The Morgan fingerprint density at radius 3 is 2.29 bits per heavy atom. The average Bonchev–Trinajstić information content (AvgIpc) is 2.84. The van der Waals surface area contributed by atoms with Crippen LogP contribution < -0.4 is 0 Å². The first kappa shape index (κ1) is 18.5. The van der Waals surface area contributed by atoms with E-state index in [-0.39, 0.29) is 7.43 Å². The van der Waals surface area contributed by atoms with Crippen molar-refractivity contribution in [1.82, 2.24) is 0 Å². The molecule has 0 N–H and O–H groups in total. The van der Waals surface area contributed by atoms with Crippen LogP contribution in [0.1, 0.15) is 92.9 Å². The van der Waals surface area contributed by atoms with E-state index in [4.69, 9.17) is 0 Å². The molecule has 0 aromatic carbocycles. The highest BCUT2D eigenvalue weighted by Crippen LogP contribution is 2.67. The third-order valence-electron chi connectivity index (χ3n) is 9.65. The monoisotopic (exact) mass is 330 g/mol. The molecule has 0 saturated heterocycles. The Bertz CT molecular complexity index is 476. The molecule has 0 aliphatic heterocycles. The zero-order valence-electron chi connectivity index (χ0n) is 16.0. The first-order valence-corrected chi connectivity index (χ1v) is 10.6. The van der Waals surface area contributed by atoms with Gasteiger partial charge in [-0.2, -0.15) is 0 Å². The van der Waals surface area contributed by atoms with Crippen molar-refractivity contribution in [3.8, 4) is 0 Å². The summed E-state index contributed by atoms with van der Waals surface area (Å²) in [4.78, 5) is 0. The minimum Gasteiger partial charge on any atom is -0.0914 e. The summed E-state index contributed by atoms with van der Waals surface area (Å²) in [6.45, 7) is 10.1. The molecule has 0 spiro atoms. The van der Waals surface area contributed by atoms with Crippen LogP contribution in [0.4, 0.5) is 0 Å². The summed E-state index contributed by atoms with van der Waals surface area (Å²) in [6.07, 6.45) is 18.5. The number of allylic oxidation sites excluding steroid dienone is 2. The molecule has 0 aromatic rings. The molecular formula is C24H42. The molecule has 4 fully saturated rings. The molecule has 0 bridgehead atoms. The van der Waals surface area contributed by atoms with Crippen LogP contribution >= 0.6 is 0 Å². The summed E-state index contributed by atoms with van der Waals surface area (Å²) in [5, 5.41) is 0. The second-order valence-corrected chi connectivity index (χ2v) is 10.2. The van der Waals surface area contributed by atoms with Crippen LogP contribution in [0.5, 0.6) is 0 Å². The quantitative estimate of drug-likeness (QED) is 0.437. The Hall–Kier alpha value is -0.260. The van der Waals surface area contributed by atoms with Crippen LogP contribution in [0.15, 0.2) is 12.2 Å². The molecular weight excluding hydrogens is 288 g/mol. The average molecular weight is 331 g/mol. The van der Waals surface area contributed by atoms with E-state index in [0.717, 1.165) is 35.5 Å². The second kappa shape index (κ2) is 6.48. The predicted octanol–water partition coefficient (Wildman–Crippen LogP) is 7.49. The lowest BCUT2D eigenvalue weighted by molar-refractivity contribution is -0.114. The zero-order chi connectivity index (χ0) is 16.2. The van der Waals surface area contributed by atoms with Gasteiger partial charge in [0.1, 0.15) is 0 Å². The molecule has 0 heteroatoms. The molecule has 0 amide bonds. The Kier molecular flexibility index (Phi) is 5.00. The summed E-state index contributed by atoms with van der Waals surface area (Å²) < 4.78 is 0. The van der Waals surface area contributed by atoms with Crippen LogP contribution in [0, 0.1) is 46.3 Å². The van der Waals surface area contributed by atoms with E-state index in [0.29, 0.717) is 10.8 Å². The third kappa shape index (κ3) is 2.53. The van der Waals surface area contributed by atoms with Gasteiger partial charge in [0.2, 0.25) is 0 Å². The maximum atomic E-state index is 2.71. The van der Waals surface area contributed by atoms with Crippen molar-refractivity contribution in [3.05, 3.63) is 12.2 Å². The van der Waals surface area contributed by atoms with Gasteiger partial charge in [-0.25, -0.2) is 0 Å². The highest BCUT2D eigenvalue weighted by atomic mass is 14.6. The number of hydrogen-bond donors (Lipinski definition) is 0. The van der Waals surface area contributed by atoms with Crippen molar-refractivity contribution >= 4 is 0 Å². The van der Waals surface area contributed by atoms with Gasteiger partial charge in [-0.15, -0.1) is 0 Å². The van der Waals surface area contributed by atoms with E-state index >= 15 is 0 Å². The van der Waals surface area contributed by atoms with Crippen LogP contribution in [-0.2, 0) is 0 Å². The first-order chi connectivity index (χ1) is 11.0.